The van der Waals surface area contributed by atoms with Gasteiger partial charge in [-0.2, -0.15) is 10.2 Å². The van der Waals surface area contributed by atoms with Gasteiger partial charge < -0.3 is 19.4 Å². The van der Waals surface area contributed by atoms with Gasteiger partial charge in [0, 0.05) is 21.2 Å². The van der Waals surface area contributed by atoms with Crippen molar-refractivity contribution in [3.05, 3.63) is 31.0 Å². The molecule has 0 fully saturated rings. The first-order chi connectivity index (χ1) is 13.2. The maximum atomic E-state index is 5.17. The zero-order chi connectivity index (χ0) is 18.8. The maximum Gasteiger partial charge on any atom is 0.165 e. The molecule has 0 aliphatic heterocycles. The van der Waals surface area contributed by atoms with Gasteiger partial charge in [-0.1, -0.05) is 0 Å². The molecule has 4 heterocycles. The minimum absolute atomic E-state index is 0.554. The Hall–Kier alpha value is -3.40. The van der Waals surface area contributed by atoms with Crippen molar-refractivity contribution in [3.8, 4) is 11.4 Å². The normalized spacial score (nSPS) is 11.2. The number of hydrogen-bond donors (Lipinski definition) is 2. The van der Waals surface area contributed by atoms with Crippen LogP contribution in [-0.4, -0.2) is 57.8 Å². The smallest absolute Gasteiger partial charge is 0.165 e. The molecular weight excluding hydrogens is 348 g/mol. The predicted octanol–water partition coefficient (Wildman–Crippen LogP) is 2.27. The molecule has 0 unspecified atom stereocenters. The number of nitrogens with one attached hydrogen (secondary N) is 2. The van der Waals surface area contributed by atoms with Crippen LogP contribution in [-0.2, 0) is 11.3 Å². The highest BCUT2D eigenvalue weighted by Gasteiger charge is 2.17. The van der Waals surface area contributed by atoms with E-state index in [0.29, 0.717) is 30.3 Å². The van der Waals surface area contributed by atoms with Crippen LogP contribution in [0.1, 0.15) is 0 Å². The molecule has 10 heteroatoms. The minimum Gasteiger partial charge on any atom is -0.472 e. The molecule has 4 aromatic rings. The summed E-state index contributed by atoms with van der Waals surface area (Å²) in [5, 5.41) is 14.9. The van der Waals surface area contributed by atoms with Crippen LogP contribution in [0.15, 0.2) is 35.4 Å². The van der Waals surface area contributed by atoms with E-state index in [1.165, 1.54) is 0 Å². The topological polar surface area (TPSA) is 110 Å². The van der Waals surface area contributed by atoms with Crippen molar-refractivity contribution in [1.82, 2.24) is 29.9 Å². The van der Waals surface area contributed by atoms with E-state index in [2.05, 4.69) is 30.6 Å². The van der Waals surface area contributed by atoms with Gasteiger partial charge in [-0.25, -0.2) is 14.6 Å². The van der Waals surface area contributed by atoms with E-state index >= 15 is 0 Å². The Kier molecular flexibility index (Phi) is 4.47. The fourth-order valence-electron chi connectivity index (χ4n) is 2.86. The van der Waals surface area contributed by atoms with Crippen molar-refractivity contribution < 1.29 is 9.15 Å². The molecule has 0 amide bonds. The first-order valence-corrected chi connectivity index (χ1v) is 8.40. The third-order valence-corrected chi connectivity index (χ3v) is 4.08. The van der Waals surface area contributed by atoms with Crippen LogP contribution in [0.25, 0.3) is 22.4 Å². The molecule has 0 spiro atoms. The summed E-state index contributed by atoms with van der Waals surface area (Å²) in [4.78, 5) is 11.2. The lowest BCUT2D eigenvalue weighted by molar-refractivity contribution is 0.184. The van der Waals surface area contributed by atoms with Gasteiger partial charge in [-0.05, 0) is 6.07 Å². The summed E-state index contributed by atoms with van der Waals surface area (Å²) in [5.74, 6) is 2.09. The van der Waals surface area contributed by atoms with Crippen LogP contribution < -0.4 is 10.2 Å². The summed E-state index contributed by atoms with van der Waals surface area (Å²) in [6, 6.07) is 1.82. The number of fused-ring (bicyclic) bond motifs is 1. The van der Waals surface area contributed by atoms with Gasteiger partial charge in [0.05, 0.1) is 37.4 Å². The molecule has 0 radical (unpaired) electrons. The molecule has 140 valence electrons. The van der Waals surface area contributed by atoms with Crippen LogP contribution in [0, 0.1) is 0 Å². The number of anilines is 3. The van der Waals surface area contributed by atoms with Gasteiger partial charge in [-0.3, -0.25) is 5.10 Å². The van der Waals surface area contributed by atoms with Gasteiger partial charge in [0.15, 0.2) is 17.5 Å². The van der Waals surface area contributed by atoms with Crippen molar-refractivity contribution in [2.45, 2.75) is 6.54 Å². The Bertz CT molecular complexity index is 1030. The van der Waals surface area contributed by atoms with Crippen LogP contribution in [0.4, 0.5) is 17.3 Å². The largest absolute Gasteiger partial charge is 0.472 e. The summed E-state index contributed by atoms with van der Waals surface area (Å²) in [5.41, 5.74) is 3.05. The monoisotopic (exact) mass is 368 g/mol. The molecule has 0 bridgehead atoms. The second kappa shape index (κ2) is 7.08. The highest BCUT2D eigenvalue weighted by molar-refractivity contribution is 5.89. The van der Waals surface area contributed by atoms with Crippen LogP contribution in [0.5, 0.6) is 0 Å². The quantitative estimate of drug-likeness (QED) is 0.511. The lowest BCUT2D eigenvalue weighted by atomic mass is 10.3. The van der Waals surface area contributed by atoms with Crippen molar-refractivity contribution in [3.63, 3.8) is 0 Å². The van der Waals surface area contributed by atoms with Gasteiger partial charge >= 0.3 is 0 Å². The molecule has 2 N–H and O–H groups in total. The standard InChI is InChI=1S/C17H20N8O2/c1-24(2)17-13(9-19-25(17)5-7-26-3)21-16-14-12(8-18-23-14)20-15(22-16)11-4-6-27-10-11/h4,6,8-10H,5,7H2,1-3H3,(H,18,23)(H,20,21,22). The molecule has 0 aliphatic rings. The lowest BCUT2D eigenvalue weighted by Gasteiger charge is -2.17. The van der Waals surface area contributed by atoms with Gasteiger partial charge in [0.25, 0.3) is 0 Å². The third-order valence-electron chi connectivity index (χ3n) is 4.08. The van der Waals surface area contributed by atoms with Crippen molar-refractivity contribution >= 4 is 28.4 Å². The van der Waals surface area contributed by atoms with E-state index in [1.54, 1.807) is 32.0 Å². The van der Waals surface area contributed by atoms with Crippen molar-refractivity contribution in [2.75, 3.05) is 38.0 Å². The lowest BCUT2D eigenvalue weighted by Crippen LogP contribution is -2.18. The number of nitrogens with zero attached hydrogens (tertiary/aromatic N) is 6. The van der Waals surface area contributed by atoms with Crippen LogP contribution >= 0.6 is 0 Å². The van der Waals surface area contributed by atoms with E-state index in [4.69, 9.17) is 9.15 Å². The fraction of sp³-hybridized carbons (Fsp3) is 0.294. The highest BCUT2D eigenvalue weighted by Crippen LogP contribution is 2.30. The number of rotatable bonds is 7. The van der Waals surface area contributed by atoms with E-state index < -0.39 is 0 Å². The summed E-state index contributed by atoms with van der Waals surface area (Å²) in [6.07, 6.45) is 6.64. The number of hydrogen-bond acceptors (Lipinski definition) is 8. The third kappa shape index (κ3) is 3.22. The first-order valence-electron chi connectivity index (χ1n) is 8.40. The highest BCUT2D eigenvalue weighted by atomic mass is 16.5. The van der Waals surface area contributed by atoms with Crippen molar-refractivity contribution in [1.29, 1.82) is 0 Å². The number of ether oxygens (including phenoxy) is 1. The second-order valence-electron chi connectivity index (χ2n) is 6.16. The van der Waals surface area contributed by atoms with E-state index in [1.807, 2.05) is 29.7 Å². The summed E-state index contributed by atoms with van der Waals surface area (Å²) < 4.78 is 12.2. The van der Waals surface area contributed by atoms with Crippen LogP contribution in [0.2, 0.25) is 0 Å². The zero-order valence-electron chi connectivity index (χ0n) is 15.3. The Labute approximate surface area is 155 Å². The van der Waals surface area contributed by atoms with E-state index in [-0.39, 0.29) is 0 Å². The van der Waals surface area contributed by atoms with E-state index in [9.17, 15) is 0 Å². The van der Waals surface area contributed by atoms with Gasteiger partial charge in [0.1, 0.15) is 23.0 Å². The fourth-order valence-corrected chi connectivity index (χ4v) is 2.86. The van der Waals surface area contributed by atoms with Gasteiger partial charge in [0.2, 0.25) is 0 Å². The van der Waals surface area contributed by atoms with Crippen LogP contribution in [0.3, 0.4) is 0 Å². The molecule has 0 aromatic carbocycles. The Balaban J connectivity index is 1.75. The summed E-state index contributed by atoms with van der Waals surface area (Å²) >= 11 is 0. The Morgan fingerprint density at radius 2 is 2.19 bits per heavy atom. The Morgan fingerprint density at radius 3 is 2.93 bits per heavy atom. The molecule has 4 rings (SSSR count). The van der Waals surface area contributed by atoms with Gasteiger partial charge in [-0.15, -0.1) is 0 Å². The molecule has 0 aliphatic carbocycles. The molecule has 10 nitrogen and oxygen atoms in total. The van der Waals surface area contributed by atoms with Crippen molar-refractivity contribution in [2.24, 2.45) is 0 Å². The molecule has 0 saturated heterocycles. The number of aromatic amines is 1. The molecule has 0 saturated carbocycles. The molecular formula is C17H20N8O2. The number of H-pyrrole nitrogens is 1. The average molecular weight is 368 g/mol. The minimum atomic E-state index is 0.554. The number of methoxy groups -OCH3 is 1. The predicted molar refractivity (Wildman–Crippen MR) is 101 cm³/mol. The summed E-state index contributed by atoms with van der Waals surface area (Å²) in [7, 11) is 5.60. The molecule has 27 heavy (non-hydrogen) atoms. The maximum absolute atomic E-state index is 5.17. The molecule has 0 atom stereocenters. The second-order valence-corrected chi connectivity index (χ2v) is 6.16. The SMILES string of the molecule is COCCn1ncc(Nc2nc(-c3ccoc3)nc3cn[nH]c23)c1N(C)C. The zero-order valence-corrected chi connectivity index (χ0v) is 15.3. The number of aromatic nitrogens is 6. The first kappa shape index (κ1) is 17.0. The number of furan rings is 1. The molecule has 4 aromatic heterocycles. The Morgan fingerprint density at radius 1 is 1.30 bits per heavy atom. The summed E-state index contributed by atoms with van der Waals surface area (Å²) in [6.45, 7) is 1.22. The van der Waals surface area contributed by atoms with E-state index in [0.717, 1.165) is 22.6 Å². The average Bonchev–Trinajstić information content (AvgIpc) is 3.39.